The zero-order valence-corrected chi connectivity index (χ0v) is 11.2. The predicted molar refractivity (Wildman–Crippen MR) is 70.8 cm³/mol. The molecule has 0 radical (unpaired) electrons. The number of carbonyl (C=O) groups is 1. The second-order valence-corrected chi connectivity index (χ2v) is 4.72. The molecular weight excluding hydrogens is 232 g/mol. The smallest absolute Gasteiger partial charge is 0.253 e. The molecule has 0 heterocycles. The minimum atomic E-state index is -0.457. The summed E-state index contributed by atoms with van der Waals surface area (Å²) in [5, 5.41) is 2.87. The van der Waals surface area contributed by atoms with E-state index in [1.165, 1.54) is 0 Å². The number of amides is 1. The van der Waals surface area contributed by atoms with E-state index in [9.17, 15) is 4.79 Å². The molecule has 3 N–H and O–H groups in total. The normalized spacial score (nSPS) is 11.1. The summed E-state index contributed by atoms with van der Waals surface area (Å²) < 4.78 is 10.1. The Morgan fingerprint density at radius 1 is 1.39 bits per heavy atom. The van der Waals surface area contributed by atoms with Gasteiger partial charge in [-0.05, 0) is 32.0 Å². The van der Waals surface area contributed by atoms with Gasteiger partial charge >= 0.3 is 0 Å². The molecule has 1 aromatic rings. The van der Waals surface area contributed by atoms with Gasteiger partial charge in [-0.15, -0.1) is 0 Å². The number of hydrogen-bond acceptors (Lipinski definition) is 4. The molecule has 1 rings (SSSR count). The van der Waals surface area contributed by atoms with Crippen molar-refractivity contribution in [3.05, 3.63) is 23.8 Å². The van der Waals surface area contributed by atoms with Crippen LogP contribution in [-0.2, 0) is 4.74 Å². The number of nitrogens with two attached hydrogens (primary N) is 1. The Hall–Kier alpha value is -1.75. The summed E-state index contributed by atoms with van der Waals surface area (Å²) >= 11 is 0. The van der Waals surface area contributed by atoms with Crippen molar-refractivity contribution in [3.8, 4) is 5.75 Å². The van der Waals surface area contributed by atoms with Gasteiger partial charge in [0.15, 0.2) is 0 Å². The Labute approximate surface area is 107 Å². The number of methoxy groups -OCH3 is 2. The molecule has 0 aromatic heterocycles. The van der Waals surface area contributed by atoms with Gasteiger partial charge in [-0.3, -0.25) is 4.79 Å². The molecule has 0 bridgehead atoms. The largest absolute Gasteiger partial charge is 0.497 e. The summed E-state index contributed by atoms with van der Waals surface area (Å²) in [6.07, 6.45) is 0. The van der Waals surface area contributed by atoms with E-state index in [-0.39, 0.29) is 5.91 Å². The Morgan fingerprint density at radius 3 is 2.61 bits per heavy atom. The highest BCUT2D eigenvalue weighted by Crippen LogP contribution is 2.20. The number of hydrogen-bond donors (Lipinski definition) is 2. The topological polar surface area (TPSA) is 73.6 Å². The van der Waals surface area contributed by atoms with Crippen LogP contribution in [0.2, 0.25) is 0 Å². The third-order valence-electron chi connectivity index (χ3n) is 2.46. The lowest BCUT2D eigenvalue weighted by molar-refractivity contribution is 0.0820. The van der Waals surface area contributed by atoms with Gasteiger partial charge in [0.1, 0.15) is 5.75 Å². The molecule has 0 saturated carbocycles. The second kappa shape index (κ2) is 5.73. The molecule has 0 spiro atoms. The van der Waals surface area contributed by atoms with Gasteiger partial charge in [0.05, 0.1) is 24.8 Å². The van der Waals surface area contributed by atoms with Crippen LogP contribution < -0.4 is 15.8 Å². The van der Waals surface area contributed by atoms with Crippen molar-refractivity contribution in [1.29, 1.82) is 0 Å². The zero-order valence-electron chi connectivity index (χ0n) is 11.2. The van der Waals surface area contributed by atoms with Gasteiger partial charge in [0, 0.05) is 12.8 Å². The minimum absolute atomic E-state index is 0.242. The SMILES string of the molecule is COCC(C)(C)NC(=O)c1cc(OC)ccc1N. The maximum atomic E-state index is 12.1. The van der Waals surface area contributed by atoms with Gasteiger partial charge in [-0.2, -0.15) is 0 Å². The first kappa shape index (κ1) is 14.3. The fourth-order valence-electron chi connectivity index (χ4n) is 1.63. The Balaban J connectivity index is 2.90. The van der Waals surface area contributed by atoms with Crippen molar-refractivity contribution in [2.75, 3.05) is 26.6 Å². The van der Waals surface area contributed by atoms with Crippen LogP contribution in [0, 0.1) is 0 Å². The molecule has 18 heavy (non-hydrogen) atoms. The molecule has 0 aliphatic carbocycles. The highest BCUT2D eigenvalue weighted by molar-refractivity contribution is 5.99. The van der Waals surface area contributed by atoms with Crippen molar-refractivity contribution < 1.29 is 14.3 Å². The average Bonchev–Trinajstić information content (AvgIpc) is 2.28. The Morgan fingerprint density at radius 2 is 2.06 bits per heavy atom. The van der Waals surface area contributed by atoms with Gasteiger partial charge in [-0.25, -0.2) is 0 Å². The monoisotopic (exact) mass is 252 g/mol. The lowest BCUT2D eigenvalue weighted by atomic mass is 10.1. The molecule has 0 atom stereocenters. The molecule has 1 aromatic carbocycles. The Kier molecular flexibility index (Phi) is 4.55. The van der Waals surface area contributed by atoms with Crippen LogP contribution in [-0.4, -0.2) is 32.3 Å². The van der Waals surface area contributed by atoms with Crippen molar-refractivity contribution in [1.82, 2.24) is 5.32 Å². The summed E-state index contributed by atoms with van der Waals surface area (Å²) in [5.74, 6) is 0.354. The van der Waals surface area contributed by atoms with Crippen LogP contribution in [0.5, 0.6) is 5.75 Å². The fraction of sp³-hybridized carbons (Fsp3) is 0.462. The molecule has 0 unspecified atom stereocenters. The first-order chi connectivity index (χ1) is 8.39. The molecule has 0 saturated heterocycles. The van der Waals surface area contributed by atoms with E-state index < -0.39 is 5.54 Å². The second-order valence-electron chi connectivity index (χ2n) is 4.72. The van der Waals surface area contributed by atoms with Crippen LogP contribution in [0.25, 0.3) is 0 Å². The fourth-order valence-corrected chi connectivity index (χ4v) is 1.63. The van der Waals surface area contributed by atoms with E-state index in [0.29, 0.717) is 23.6 Å². The van der Waals surface area contributed by atoms with Gasteiger partial charge in [0.2, 0.25) is 0 Å². The lowest BCUT2D eigenvalue weighted by Crippen LogP contribution is -2.46. The van der Waals surface area contributed by atoms with Gasteiger partial charge in [0.25, 0.3) is 5.91 Å². The first-order valence-corrected chi connectivity index (χ1v) is 5.64. The molecule has 100 valence electrons. The number of nitrogens with one attached hydrogen (secondary N) is 1. The maximum absolute atomic E-state index is 12.1. The van der Waals surface area contributed by atoms with E-state index in [1.54, 1.807) is 32.4 Å². The minimum Gasteiger partial charge on any atom is -0.497 e. The quantitative estimate of drug-likeness (QED) is 0.777. The summed E-state index contributed by atoms with van der Waals surface area (Å²) in [7, 11) is 3.13. The van der Waals surface area contributed by atoms with Crippen LogP contribution in [0.15, 0.2) is 18.2 Å². The number of nitrogen functional groups attached to an aromatic ring is 1. The number of carbonyl (C=O) groups excluding carboxylic acids is 1. The van der Waals surface area contributed by atoms with E-state index in [2.05, 4.69) is 5.32 Å². The molecule has 5 nitrogen and oxygen atoms in total. The molecule has 0 aliphatic heterocycles. The number of rotatable bonds is 5. The number of ether oxygens (including phenoxy) is 2. The standard InChI is InChI=1S/C13H20N2O3/c1-13(2,8-17-3)15-12(16)10-7-9(18-4)5-6-11(10)14/h5-7H,8,14H2,1-4H3,(H,15,16). The van der Waals surface area contributed by atoms with Crippen molar-refractivity contribution in [2.45, 2.75) is 19.4 Å². The summed E-state index contributed by atoms with van der Waals surface area (Å²) in [5.41, 5.74) is 6.15. The van der Waals surface area contributed by atoms with Gasteiger partial charge in [-0.1, -0.05) is 0 Å². The van der Waals surface area contributed by atoms with E-state index in [0.717, 1.165) is 0 Å². The molecule has 5 heteroatoms. The highest BCUT2D eigenvalue weighted by atomic mass is 16.5. The molecular formula is C13H20N2O3. The number of benzene rings is 1. The van der Waals surface area contributed by atoms with E-state index >= 15 is 0 Å². The average molecular weight is 252 g/mol. The molecule has 0 aliphatic rings. The predicted octanol–water partition coefficient (Wildman–Crippen LogP) is 1.43. The summed E-state index contributed by atoms with van der Waals surface area (Å²) in [6.45, 7) is 4.18. The zero-order chi connectivity index (χ0) is 13.8. The first-order valence-electron chi connectivity index (χ1n) is 5.64. The summed E-state index contributed by atoms with van der Waals surface area (Å²) in [4.78, 5) is 12.1. The lowest BCUT2D eigenvalue weighted by Gasteiger charge is -2.25. The number of anilines is 1. The highest BCUT2D eigenvalue weighted by Gasteiger charge is 2.22. The van der Waals surface area contributed by atoms with Crippen molar-refractivity contribution in [3.63, 3.8) is 0 Å². The third kappa shape index (κ3) is 3.63. The van der Waals surface area contributed by atoms with Crippen LogP contribution in [0.1, 0.15) is 24.2 Å². The van der Waals surface area contributed by atoms with Crippen molar-refractivity contribution >= 4 is 11.6 Å². The van der Waals surface area contributed by atoms with E-state index in [4.69, 9.17) is 15.2 Å². The van der Waals surface area contributed by atoms with Crippen LogP contribution >= 0.6 is 0 Å². The third-order valence-corrected chi connectivity index (χ3v) is 2.46. The van der Waals surface area contributed by atoms with Crippen molar-refractivity contribution in [2.24, 2.45) is 0 Å². The summed E-state index contributed by atoms with van der Waals surface area (Å²) in [6, 6.07) is 4.98. The van der Waals surface area contributed by atoms with Crippen LogP contribution in [0.3, 0.4) is 0 Å². The van der Waals surface area contributed by atoms with Crippen LogP contribution in [0.4, 0.5) is 5.69 Å². The Bertz CT molecular complexity index is 430. The molecule has 0 fully saturated rings. The molecule has 1 amide bonds. The maximum Gasteiger partial charge on any atom is 0.253 e. The van der Waals surface area contributed by atoms with E-state index in [1.807, 2.05) is 13.8 Å². The van der Waals surface area contributed by atoms with Gasteiger partial charge < -0.3 is 20.5 Å².